The third-order valence-electron chi connectivity index (χ3n) is 2.80. The van der Waals surface area contributed by atoms with Gasteiger partial charge in [0.05, 0.1) is 25.0 Å². The summed E-state index contributed by atoms with van der Waals surface area (Å²) in [5.74, 6) is 1.93. The third kappa shape index (κ3) is 3.89. The van der Waals surface area contributed by atoms with Crippen LogP contribution in [0.25, 0.3) is 0 Å². The van der Waals surface area contributed by atoms with Crippen molar-refractivity contribution in [3.8, 4) is 0 Å². The first-order valence-electron chi connectivity index (χ1n) is 6.04. The van der Waals surface area contributed by atoms with Gasteiger partial charge < -0.3 is 9.15 Å². The van der Waals surface area contributed by atoms with E-state index in [1.165, 1.54) is 7.11 Å². The van der Waals surface area contributed by atoms with Gasteiger partial charge in [-0.1, -0.05) is 30.3 Å². The van der Waals surface area contributed by atoms with Gasteiger partial charge in [0, 0.05) is 5.75 Å². The van der Waals surface area contributed by atoms with E-state index in [9.17, 15) is 4.79 Å². The number of thioether (sulfide) groups is 1. The average Bonchev–Trinajstić information content (AvgIpc) is 2.97. The van der Waals surface area contributed by atoms with Gasteiger partial charge in [0.15, 0.2) is 0 Å². The lowest BCUT2D eigenvalue weighted by molar-refractivity contribution is -0.141. The van der Waals surface area contributed by atoms with Crippen LogP contribution in [-0.2, 0) is 15.3 Å². The highest BCUT2D eigenvalue weighted by atomic mass is 32.2. The maximum absolute atomic E-state index is 11.8. The Bertz CT molecular complexity index is 493. The van der Waals surface area contributed by atoms with Crippen LogP contribution < -0.4 is 0 Å². The van der Waals surface area contributed by atoms with Crippen LogP contribution in [0.3, 0.4) is 0 Å². The van der Waals surface area contributed by atoms with E-state index in [-0.39, 0.29) is 11.9 Å². The number of carbonyl (C=O) groups excluding carboxylic acids is 1. The number of rotatable bonds is 6. The molecule has 1 aromatic carbocycles. The molecule has 0 aliphatic heterocycles. The van der Waals surface area contributed by atoms with Crippen molar-refractivity contribution in [3.63, 3.8) is 0 Å². The summed E-state index contributed by atoms with van der Waals surface area (Å²) in [5, 5.41) is 0. The molecule has 0 saturated heterocycles. The predicted octanol–water partition coefficient (Wildman–Crippen LogP) is 3.47. The molecule has 0 bridgehead atoms. The maximum atomic E-state index is 11.8. The lowest BCUT2D eigenvalue weighted by atomic mass is 10.0. The van der Waals surface area contributed by atoms with E-state index in [0.717, 1.165) is 17.1 Å². The number of ether oxygens (including phenoxy) is 1. The average molecular weight is 276 g/mol. The zero-order chi connectivity index (χ0) is 13.5. The first-order valence-corrected chi connectivity index (χ1v) is 7.19. The van der Waals surface area contributed by atoms with Crippen molar-refractivity contribution in [1.29, 1.82) is 0 Å². The lowest BCUT2D eigenvalue weighted by Gasteiger charge is -2.14. The molecule has 0 aliphatic rings. The Labute approximate surface area is 117 Å². The SMILES string of the molecule is COC(=O)C(CSCc1ccco1)c1ccccc1. The van der Waals surface area contributed by atoms with Gasteiger partial charge in [-0.05, 0) is 17.7 Å². The van der Waals surface area contributed by atoms with Crippen molar-refractivity contribution in [1.82, 2.24) is 0 Å². The van der Waals surface area contributed by atoms with Crippen LogP contribution in [0.15, 0.2) is 53.1 Å². The quantitative estimate of drug-likeness (QED) is 0.757. The van der Waals surface area contributed by atoms with E-state index >= 15 is 0 Å². The van der Waals surface area contributed by atoms with Crippen LogP contribution in [0.2, 0.25) is 0 Å². The number of furan rings is 1. The Hall–Kier alpha value is -1.68. The first-order chi connectivity index (χ1) is 9.31. The monoisotopic (exact) mass is 276 g/mol. The molecule has 1 atom stereocenters. The van der Waals surface area contributed by atoms with Gasteiger partial charge in [-0.15, -0.1) is 0 Å². The van der Waals surface area contributed by atoms with E-state index < -0.39 is 0 Å². The molecule has 0 N–H and O–H groups in total. The summed E-state index contributed by atoms with van der Waals surface area (Å²) in [6.45, 7) is 0. The molecule has 0 radical (unpaired) electrons. The van der Waals surface area contributed by atoms with Crippen LogP contribution in [0, 0.1) is 0 Å². The molecule has 2 aromatic rings. The predicted molar refractivity (Wildman–Crippen MR) is 76.1 cm³/mol. The number of carbonyl (C=O) groups is 1. The fraction of sp³-hybridized carbons (Fsp3) is 0.267. The molecule has 1 aromatic heterocycles. The van der Waals surface area contributed by atoms with Gasteiger partial charge >= 0.3 is 5.97 Å². The third-order valence-corrected chi connectivity index (χ3v) is 3.85. The van der Waals surface area contributed by atoms with E-state index in [1.54, 1.807) is 18.0 Å². The zero-order valence-corrected chi connectivity index (χ0v) is 11.6. The van der Waals surface area contributed by atoms with Gasteiger partial charge in [0.2, 0.25) is 0 Å². The molecular weight excluding hydrogens is 260 g/mol. The lowest BCUT2D eigenvalue weighted by Crippen LogP contribution is -2.16. The standard InChI is InChI=1S/C15H16O3S/c1-17-15(16)14(12-6-3-2-4-7-12)11-19-10-13-8-5-9-18-13/h2-9,14H,10-11H2,1H3. The fourth-order valence-electron chi connectivity index (χ4n) is 1.80. The van der Waals surface area contributed by atoms with Crippen LogP contribution in [0.1, 0.15) is 17.2 Å². The summed E-state index contributed by atoms with van der Waals surface area (Å²) in [6.07, 6.45) is 1.66. The number of hydrogen-bond acceptors (Lipinski definition) is 4. The second-order valence-corrected chi connectivity index (χ2v) is 5.11. The molecule has 1 heterocycles. The molecule has 100 valence electrons. The minimum Gasteiger partial charge on any atom is -0.469 e. The molecule has 1 unspecified atom stereocenters. The summed E-state index contributed by atoms with van der Waals surface area (Å²) < 4.78 is 10.1. The summed E-state index contributed by atoms with van der Waals surface area (Å²) in [6, 6.07) is 13.5. The molecule has 19 heavy (non-hydrogen) atoms. The summed E-state index contributed by atoms with van der Waals surface area (Å²) >= 11 is 1.66. The molecule has 4 heteroatoms. The number of hydrogen-bond donors (Lipinski definition) is 0. The molecule has 0 spiro atoms. The Kier molecular flexibility index (Phi) is 5.10. The van der Waals surface area contributed by atoms with E-state index in [0.29, 0.717) is 5.75 Å². The van der Waals surface area contributed by atoms with Gasteiger partial charge in [0.1, 0.15) is 5.76 Å². The highest BCUT2D eigenvalue weighted by Gasteiger charge is 2.21. The smallest absolute Gasteiger partial charge is 0.313 e. The van der Waals surface area contributed by atoms with Crippen molar-refractivity contribution in [2.24, 2.45) is 0 Å². The molecular formula is C15H16O3S. The minimum absolute atomic E-state index is 0.196. The summed E-state index contributed by atoms with van der Waals surface area (Å²) in [4.78, 5) is 11.8. The zero-order valence-electron chi connectivity index (χ0n) is 10.7. The number of benzene rings is 1. The van der Waals surface area contributed by atoms with Crippen LogP contribution in [-0.4, -0.2) is 18.8 Å². The van der Waals surface area contributed by atoms with Crippen LogP contribution >= 0.6 is 11.8 Å². The number of esters is 1. The first kappa shape index (κ1) is 13.7. The molecule has 0 amide bonds. The minimum atomic E-state index is -0.230. The Balaban J connectivity index is 1.97. The maximum Gasteiger partial charge on any atom is 0.313 e. The highest BCUT2D eigenvalue weighted by Crippen LogP contribution is 2.24. The van der Waals surface area contributed by atoms with Crippen molar-refractivity contribution < 1.29 is 13.9 Å². The van der Waals surface area contributed by atoms with Gasteiger partial charge in [0.25, 0.3) is 0 Å². The summed E-state index contributed by atoms with van der Waals surface area (Å²) in [7, 11) is 1.43. The van der Waals surface area contributed by atoms with Crippen LogP contribution in [0.5, 0.6) is 0 Å². The second kappa shape index (κ2) is 7.04. The fourth-order valence-corrected chi connectivity index (χ4v) is 2.85. The Morgan fingerprint density at radius 3 is 2.68 bits per heavy atom. The highest BCUT2D eigenvalue weighted by molar-refractivity contribution is 7.98. The van der Waals surface area contributed by atoms with E-state index in [1.807, 2.05) is 42.5 Å². The summed E-state index contributed by atoms with van der Waals surface area (Å²) in [5.41, 5.74) is 0.987. The molecule has 0 saturated carbocycles. The van der Waals surface area contributed by atoms with Crippen molar-refractivity contribution in [3.05, 3.63) is 60.1 Å². The normalized spacial score (nSPS) is 12.1. The van der Waals surface area contributed by atoms with Crippen LogP contribution in [0.4, 0.5) is 0 Å². The van der Waals surface area contributed by atoms with Gasteiger partial charge in [-0.2, -0.15) is 11.8 Å². The van der Waals surface area contributed by atoms with E-state index in [2.05, 4.69) is 0 Å². The molecule has 0 aliphatic carbocycles. The largest absolute Gasteiger partial charge is 0.469 e. The van der Waals surface area contributed by atoms with Crippen molar-refractivity contribution in [2.75, 3.05) is 12.9 Å². The second-order valence-electron chi connectivity index (χ2n) is 4.08. The van der Waals surface area contributed by atoms with Gasteiger partial charge in [-0.25, -0.2) is 0 Å². The Morgan fingerprint density at radius 1 is 1.26 bits per heavy atom. The van der Waals surface area contributed by atoms with Crippen molar-refractivity contribution >= 4 is 17.7 Å². The van der Waals surface area contributed by atoms with Crippen molar-refractivity contribution in [2.45, 2.75) is 11.7 Å². The Morgan fingerprint density at radius 2 is 2.05 bits per heavy atom. The number of methoxy groups -OCH3 is 1. The molecule has 0 fully saturated rings. The molecule has 3 nitrogen and oxygen atoms in total. The van der Waals surface area contributed by atoms with E-state index in [4.69, 9.17) is 9.15 Å². The van der Waals surface area contributed by atoms with Gasteiger partial charge in [-0.3, -0.25) is 4.79 Å². The molecule has 2 rings (SSSR count). The topological polar surface area (TPSA) is 39.4 Å².